The van der Waals surface area contributed by atoms with Gasteiger partial charge in [-0.2, -0.15) is 18.4 Å². The van der Waals surface area contributed by atoms with Crippen molar-refractivity contribution in [1.82, 2.24) is 4.98 Å². The number of halogens is 3. The molecule has 1 aromatic heterocycles. The van der Waals surface area contributed by atoms with Gasteiger partial charge in [0.15, 0.2) is 0 Å². The van der Waals surface area contributed by atoms with Gasteiger partial charge in [0.05, 0.1) is 17.2 Å². The number of ether oxygens (including phenoxy) is 1. The number of nitriles is 1. The van der Waals surface area contributed by atoms with Gasteiger partial charge >= 0.3 is 13.3 Å². The minimum Gasteiger partial charge on any atom is -0.487 e. The minimum absolute atomic E-state index is 0.104. The van der Waals surface area contributed by atoms with E-state index in [0.717, 1.165) is 17.7 Å². The summed E-state index contributed by atoms with van der Waals surface area (Å²) in [6, 6.07) is 13.9. The van der Waals surface area contributed by atoms with Gasteiger partial charge in [-0.15, -0.1) is 0 Å². The number of hydrogen-bond donors (Lipinski definition) is 1. The van der Waals surface area contributed by atoms with Gasteiger partial charge in [-0.3, -0.25) is 4.98 Å². The number of pyridine rings is 1. The molecule has 0 saturated heterocycles. The predicted octanol–water partition coefficient (Wildman–Crippen LogP) is 3.55. The highest BCUT2D eigenvalue weighted by molar-refractivity contribution is 6.61. The zero-order chi connectivity index (χ0) is 22.0. The molecule has 0 bridgehead atoms. The van der Waals surface area contributed by atoms with Crippen LogP contribution in [0.5, 0.6) is 5.75 Å². The highest BCUT2D eigenvalue weighted by Crippen LogP contribution is 2.33. The fraction of sp³-hybridized carbons (Fsp3) is 0.182. The van der Waals surface area contributed by atoms with Crippen molar-refractivity contribution < 1.29 is 27.6 Å². The molecule has 1 atom stereocenters. The summed E-state index contributed by atoms with van der Waals surface area (Å²) in [6.07, 6.45) is -1.53. The summed E-state index contributed by atoms with van der Waals surface area (Å²) in [6.45, 7) is 0.211. The van der Waals surface area contributed by atoms with Crippen LogP contribution in [-0.2, 0) is 23.9 Å². The summed E-state index contributed by atoms with van der Waals surface area (Å²) < 4.78 is 50.3. The van der Waals surface area contributed by atoms with Gasteiger partial charge in [-0.05, 0) is 46.9 Å². The Kier molecular flexibility index (Phi) is 5.68. The van der Waals surface area contributed by atoms with E-state index in [4.69, 9.17) is 9.39 Å². The van der Waals surface area contributed by atoms with Crippen molar-refractivity contribution >= 4 is 12.6 Å². The topological polar surface area (TPSA) is 75.4 Å². The first-order valence-corrected chi connectivity index (χ1v) is 9.44. The molecule has 0 unspecified atom stereocenters. The van der Waals surface area contributed by atoms with Gasteiger partial charge < -0.3 is 14.4 Å². The van der Waals surface area contributed by atoms with Crippen LogP contribution in [0, 0.1) is 11.3 Å². The molecule has 0 spiro atoms. The molecule has 1 N–H and O–H groups in total. The Morgan fingerprint density at radius 1 is 1.23 bits per heavy atom. The van der Waals surface area contributed by atoms with E-state index in [0.29, 0.717) is 22.4 Å². The van der Waals surface area contributed by atoms with Crippen LogP contribution in [0.3, 0.4) is 0 Å². The first-order valence-electron chi connectivity index (χ1n) is 9.44. The molecule has 0 radical (unpaired) electrons. The van der Waals surface area contributed by atoms with E-state index in [1.54, 1.807) is 36.7 Å². The summed E-state index contributed by atoms with van der Waals surface area (Å²) >= 11 is 0. The second kappa shape index (κ2) is 8.42. The maximum Gasteiger partial charge on any atom is 0.491 e. The number of benzene rings is 2. The molecule has 2 aromatic carbocycles. The van der Waals surface area contributed by atoms with Crippen LogP contribution >= 0.6 is 0 Å². The van der Waals surface area contributed by atoms with E-state index in [2.05, 4.69) is 11.1 Å². The van der Waals surface area contributed by atoms with E-state index in [1.807, 2.05) is 6.07 Å². The van der Waals surface area contributed by atoms with E-state index in [9.17, 15) is 23.5 Å². The molecule has 5 nitrogen and oxygen atoms in total. The molecular weight excluding hydrogens is 408 g/mol. The Balaban J connectivity index is 1.58. The number of rotatable bonds is 4. The molecule has 1 aliphatic heterocycles. The lowest BCUT2D eigenvalue weighted by molar-refractivity contribution is -0.137. The maximum absolute atomic E-state index is 13.0. The SMILES string of the molecule is N#Cc1ccc([C@H]2Cc3ccc(C(F)(F)F)cc3B(O)O2)cc1OCc1cccnc1. The minimum atomic E-state index is -4.50. The van der Waals surface area contributed by atoms with Gasteiger partial charge in [-0.1, -0.05) is 18.2 Å². The normalized spacial score (nSPS) is 15.8. The summed E-state index contributed by atoms with van der Waals surface area (Å²) in [7, 11) is -1.49. The highest BCUT2D eigenvalue weighted by atomic mass is 19.4. The van der Waals surface area contributed by atoms with E-state index >= 15 is 0 Å². The molecule has 1 aliphatic rings. The van der Waals surface area contributed by atoms with Crippen molar-refractivity contribution in [2.75, 3.05) is 0 Å². The second-order valence-corrected chi connectivity index (χ2v) is 7.11. The molecule has 3 aromatic rings. The Bertz CT molecular complexity index is 1130. The Hall–Kier alpha value is -3.35. The fourth-order valence-corrected chi connectivity index (χ4v) is 3.46. The van der Waals surface area contributed by atoms with Crippen molar-refractivity contribution in [3.8, 4) is 11.8 Å². The highest BCUT2D eigenvalue weighted by Gasteiger charge is 2.36. The van der Waals surface area contributed by atoms with Crippen LogP contribution in [0.15, 0.2) is 60.9 Å². The Labute approximate surface area is 176 Å². The first-order chi connectivity index (χ1) is 14.8. The fourth-order valence-electron chi connectivity index (χ4n) is 3.46. The summed E-state index contributed by atoms with van der Waals surface area (Å²) in [5, 5.41) is 19.7. The molecule has 4 rings (SSSR count). The first kappa shape index (κ1) is 20.9. The van der Waals surface area contributed by atoms with E-state index in [1.165, 1.54) is 6.07 Å². The maximum atomic E-state index is 13.0. The second-order valence-electron chi connectivity index (χ2n) is 7.11. The third kappa shape index (κ3) is 4.55. The third-order valence-corrected chi connectivity index (χ3v) is 5.05. The summed E-state index contributed by atoms with van der Waals surface area (Å²) in [5.74, 6) is 0.347. The van der Waals surface area contributed by atoms with Gasteiger partial charge in [0, 0.05) is 24.4 Å². The molecule has 9 heteroatoms. The molecule has 0 amide bonds. The average molecular weight is 424 g/mol. The quantitative estimate of drug-likeness (QED) is 0.649. The van der Waals surface area contributed by atoms with Crippen LogP contribution in [0.25, 0.3) is 0 Å². The van der Waals surface area contributed by atoms with Crippen LogP contribution in [0.1, 0.15) is 33.9 Å². The predicted molar refractivity (Wildman–Crippen MR) is 106 cm³/mol. The molecule has 156 valence electrons. The van der Waals surface area contributed by atoms with Gasteiger partial charge in [0.2, 0.25) is 0 Å². The lowest BCUT2D eigenvalue weighted by atomic mass is 9.71. The number of aromatic nitrogens is 1. The number of nitrogens with zero attached hydrogens (tertiary/aromatic N) is 2. The van der Waals surface area contributed by atoms with Gasteiger partial charge in [-0.25, -0.2) is 0 Å². The molecule has 2 heterocycles. The van der Waals surface area contributed by atoms with Gasteiger partial charge in [0.1, 0.15) is 18.4 Å². The molecule has 31 heavy (non-hydrogen) atoms. The lowest BCUT2D eigenvalue weighted by Gasteiger charge is -2.28. The van der Waals surface area contributed by atoms with Crippen molar-refractivity contribution in [3.05, 3.63) is 88.7 Å². The smallest absolute Gasteiger partial charge is 0.487 e. The third-order valence-electron chi connectivity index (χ3n) is 5.05. The molecular formula is C22H16BF3N2O3. The Morgan fingerprint density at radius 3 is 2.77 bits per heavy atom. The average Bonchev–Trinajstić information content (AvgIpc) is 2.77. The Morgan fingerprint density at radius 2 is 2.06 bits per heavy atom. The largest absolute Gasteiger partial charge is 0.491 e. The molecule has 0 fully saturated rings. The van der Waals surface area contributed by atoms with Crippen molar-refractivity contribution in [2.45, 2.75) is 25.3 Å². The lowest BCUT2D eigenvalue weighted by Crippen LogP contribution is -2.43. The van der Waals surface area contributed by atoms with Crippen molar-refractivity contribution in [3.63, 3.8) is 0 Å². The zero-order valence-electron chi connectivity index (χ0n) is 16.1. The number of alkyl halides is 3. The number of hydrogen-bond acceptors (Lipinski definition) is 5. The van der Waals surface area contributed by atoms with Crippen molar-refractivity contribution in [1.29, 1.82) is 5.26 Å². The van der Waals surface area contributed by atoms with Crippen LogP contribution in [0.4, 0.5) is 13.2 Å². The van der Waals surface area contributed by atoms with Gasteiger partial charge in [0.25, 0.3) is 0 Å². The monoisotopic (exact) mass is 424 g/mol. The van der Waals surface area contributed by atoms with E-state index in [-0.39, 0.29) is 18.5 Å². The zero-order valence-corrected chi connectivity index (χ0v) is 16.1. The van der Waals surface area contributed by atoms with Crippen LogP contribution in [0.2, 0.25) is 0 Å². The van der Waals surface area contributed by atoms with Crippen LogP contribution < -0.4 is 10.2 Å². The van der Waals surface area contributed by atoms with E-state index < -0.39 is 25.0 Å². The standard InChI is InChI=1S/C22H16BF3N2O3/c24-22(25,26)18-6-5-15-8-21(31-23(29)19(15)10-18)16-3-4-17(11-27)20(9-16)30-13-14-2-1-7-28-12-14/h1-7,9-10,12,21,29H,8,13H2/t21-/m1/s1. The molecule has 0 aliphatic carbocycles. The van der Waals surface area contributed by atoms with Crippen LogP contribution in [-0.4, -0.2) is 17.1 Å². The summed E-state index contributed by atoms with van der Waals surface area (Å²) in [4.78, 5) is 4.02. The van der Waals surface area contributed by atoms with Crippen molar-refractivity contribution in [2.24, 2.45) is 0 Å². The number of fused-ring (bicyclic) bond motifs is 1. The molecule has 0 saturated carbocycles. The summed E-state index contributed by atoms with van der Waals surface area (Å²) in [5.41, 5.74) is 1.64.